The lowest BCUT2D eigenvalue weighted by atomic mass is 10.4. The number of nitrogens with zero attached hydrogens (tertiary/aromatic N) is 2. The van der Waals surface area contributed by atoms with Crippen LogP contribution < -0.4 is 5.32 Å². The molecule has 0 bridgehead atoms. The van der Waals surface area contributed by atoms with Crippen molar-refractivity contribution >= 4 is 11.3 Å². The average Bonchev–Trinajstić information content (AvgIpc) is 2.89. The molecular formula is C12H15N3OS. The number of hydrogen-bond donors (Lipinski definition) is 1. The molecule has 2 heterocycles. The summed E-state index contributed by atoms with van der Waals surface area (Å²) in [6.45, 7) is 2.90. The molecule has 1 saturated carbocycles. The van der Waals surface area contributed by atoms with Crippen molar-refractivity contribution in [2.45, 2.75) is 38.8 Å². The largest absolute Gasteiger partial charge is 0.459 e. The summed E-state index contributed by atoms with van der Waals surface area (Å²) in [5.74, 6) is 1.82. The van der Waals surface area contributed by atoms with Gasteiger partial charge in [0.2, 0.25) is 0 Å². The molecule has 90 valence electrons. The normalized spacial score (nSPS) is 15.4. The van der Waals surface area contributed by atoms with Crippen LogP contribution in [0.15, 0.2) is 16.5 Å². The Morgan fingerprint density at radius 3 is 3.00 bits per heavy atom. The van der Waals surface area contributed by atoms with Crippen LogP contribution in [0.3, 0.4) is 0 Å². The number of furan rings is 1. The highest BCUT2D eigenvalue weighted by molar-refractivity contribution is 7.14. The van der Waals surface area contributed by atoms with Gasteiger partial charge < -0.3 is 9.73 Å². The van der Waals surface area contributed by atoms with Gasteiger partial charge >= 0.3 is 0 Å². The molecule has 1 aliphatic carbocycles. The van der Waals surface area contributed by atoms with Gasteiger partial charge in [0.15, 0.2) is 10.8 Å². The first-order valence-electron chi connectivity index (χ1n) is 6.00. The van der Waals surface area contributed by atoms with Crippen LogP contribution in [0.1, 0.15) is 30.5 Å². The van der Waals surface area contributed by atoms with E-state index in [2.05, 4.69) is 22.4 Å². The fourth-order valence-corrected chi connectivity index (χ4v) is 2.38. The van der Waals surface area contributed by atoms with Gasteiger partial charge in [-0.15, -0.1) is 10.2 Å². The third kappa shape index (κ3) is 2.56. The molecular weight excluding hydrogens is 234 g/mol. The first kappa shape index (κ1) is 10.9. The lowest BCUT2D eigenvalue weighted by Gasteiger charge is -1.95. The van der Waals surface area contributed by atoms with Crippen LogP contribution in [-0.2, 0) is 13.0 Å². The van der Waals surface area contributed by atoms with Crippen molar-refractivity contribution in [1.29, 1.82) is 0 Å². The average molecular weight is 249 g/mol. The standard InChI is InChI=1S/C12H15N3OS/c1-2-9-5-6-10(16-9)12-15-14-11(17-12)7-13-8-3-4-8/h5-6,8,13H,2-4,7H2,1H3. The Bertz CT molecular complexity index is 501. The summed E-state index contributed by atoms with van der Waals surface area (Å²) in [7, 11) is 0. The Kier molecular flexibility index (Phi) is 2.94. The quantitative estimate of drug-likeness (QED) is 0.885. The van der Waals surface area contributed by atoms with E-state index in [0.29, 0.717) is 6.04 Å². The first-order valence-corrected chi connectivity index (χ1v) is 6.81. The number of aromatic nitrogens is 2. The minimum absolute atomic E-state index is 0.706. The minimum atomic E-state index is 0.706. The van der Waals surface area contributed by atoms with E-state index in [4.69, 9.17) is 4.42 Å². The van der Waals surface area contributed by atoms with Crippen molar-refractivity contribution in [3.63, 3.8) is 0 Å². The van der Waals surface area contributed by atoms with E-state index in [-0.39, 0.29) is 0 Å². The molecule has 0 amide bonds. The van der Waals surface area contributed by atoms with E-state index >= 15 is 0 Å². The number of hydrogen-bond acceptors (Lipinski definition) is 5. The maximum atomic E-state index is 5.66. The maximum Gasteiger partial charge on any atom is 0.183 e. The molecule has 2 aromatic rings. The maximum absolute atomic E-state index is 5.66. The van der Waals surface area contributed by atoms with Crippen LogP contribution in [-0.4, -0.2) is 16.2 Å². The third-order valence-corrected chi connectivity index (χ3v) is 3.74. The molecule has 1 aliphatic rings. The van der Waals surface area contributed by atoms with Gasteiger partial charge in [0.1, 0.15) is 10.8 Å². The van der Waals surface area contributed by atoms with Crippen LogP contribution in [0.5, 0.6) is 0 Å². The lowest BCUT2D eigenvalue weighted by molar-refractivity contribution is 0.528. The SMILES string of the molecule is CCc1ccc(-c2nnc(CNC3CC3)s2)o1. The van der Waals surface area contributed by atoms with Gasteiger partial charge in [0, 0.05) is 19.0 Å². The zero-order valence-corrected chi connectivity index (χ0v) is 10.6. The molecule has 0 aliphatic heterocycles. The summed E-state index contributed by atoms with van der Waals surface area (Å²) in [5, 5.41) is 13.7. The smallest absolute Gasteiger partial charge is 0.183 e. The number of rotatable bonds is 5. The van der Waals surface area contributed by atoms with E-state index < -0.39 is 0 Å². The van der Waals surface area contributed by atoms with Crippen LogP contribution in [0.4, 0.5) is 0 Å². The second-order valence-corrected chi connectivity index (χ2v) is 5.34. The Hall–Kier alpha value is -1.20. The van der Waals surface area contributed by atoms with Gasteiger partial charge in [-0.1, -0.05) is 18.3 Å². The number of nitrogens with one attached hydrogen (secondary N) is 1. The predicted octanol–water partition coefficient (Wildman–Crippen LogP) is 2.61. The Morgan fingerprint density at radius 2 is 2.29 bits per heavy atom. The molecule has 0 saturated heterocycles. The molecule has 5 heteroatoms. The van der Waals surface area contributed by atoms with Crippen molar-refractivity contribution < 1.29 is 4.42 Å². The minimum Gasteiger partial charge on any atom is -0.459 e. The summed E-state index contributed by atoms with van der Waals surface area (Å²) in [6, 6.07) is 4.67. The van der Waals surface area contributed by atoms with Crippen molar-refractivity contribution in [2.24, 2.45) is 0 Å². The van der Waals surface area contributed by atoms with Crippen LogP contribution >= 0.6 is 11.3 Å². The van der Waals surface area contributed by atoms with Crippen LogP contribution in [0.2, 0.25) is 0 Å². The fraction of sp³-hybridized carbons (Fsp3) is 0.500. The van der Waals surface area contributed by atoms with E-state index in [0.717, 1.165) is 34.5 Å². The molecule has 0 aromatic carbocycles. The second kappa shape index (κ2) is 4.58. The topological polar surface area (TPSA) is 51.0 Å². The van der Waals surface area contributed by atoms with Crippen molar-refractivity contribution in [3.8, 4) is 10.8 Å². The Morgan fingerprint density at radius 1 is 1.41 bits per heavy atom. The van der Waals surface area contributed by atoms with E-state index in [1.54, 1.807) is 11.3 Å². The molecule has 1 N–H and O–H groups in total. The first-order chi connectivity index (χ1) is 8.35. The van der Waals surface area contributed by atoms with E-state index in [9.17, 15) is 0 Å². The Balaban J connectivity index is 1.69. The molecule has 1 fully saturated rings. The zero-order chi connectivity index (χ0) is 11.7. The van der Waals surface area contributed by atoms with Gasteiger partial charge in [-0.05, 0) is 25.0 Å². The summed E-state index contributed by atoms with van der Waals surface area (Å²) >= 11 is 1.60. The summed E-state index contributed by atoms with van der Waals surface area (Å²) in [4.78, 5) is 0. The van der Waals surface area contributed by atoms with E-state index in [1.807, 2.05) is 12.1 Å². The summed E-state index contributed by atoms with van der Waals surface area (Å²) in [5.41, 5.74) is 0. The molecule has 3 rings (SSSR count). The molecule has 17 heavy (non-hydrogen) atoms. The van der Waals surface area contributed by atoms with Crippen molar-refractivity contribution in [3.05, 3.63) is 22.9 Å². The highest BCUT2D eigenvalue weighted by Gasteiger charge is 2.21. The van der Waals surface area contributed by atoms with Gasteiger partial charge in [-0.25, -0.2) is 0 Å². The number of aryl methyl sites for hydroxylation is 1. The van der Waals surface area contributed by atoms with Gasteiger partial charge in [-0.2, -0.15) is 0 Å². The van der Waals surface area contributed by atoms with Crippen molar-refractivity contribution in [2.75, 3.05) is 0 Å². The monoisotopic (exact) mass is 249 g/mol. The zero-order valence-electron chi connectivity index (χ0n) is 9.77. The fourth-order valence-electron chi connectivity index (χ4n) is 1.63. The molecule has 0 spiro atoms. The highest BCUT2D eigenvalue weighted by atomic mass is 32.1. The highest BCUT2D eigenvalue weighted by Crippen LogP contribution is 2.26. The van der Waals surface area contributed by atoms with Crippen LogP contribution in [0, 0.1) is 0 Å². The van der Waals surface area contributed by atoms with Gasteiger partial charge in [0.25, 0.3) is 0 Å². The molecule has 0 unspecified atom stereocenters. The predicted molar refractivity (Wildman–Crippen MR) is 66.9 cm³/mol. The lowest BCUT2D eigenvalue weighted by Crippen LogP contribution is -2.14. The second-order valence-electron chi connectivity index (χ2n) is 4.28. The molecule has 0 radical (unpaired) electrons. The van der Waals surface area contributed by atoms with E-state index in [1.165, 1.54) is 12.8 Å². The molecule has 4 nitrogen and oxygen atoms in total. The summed E-state index contributed by atoms with van der Waals surface area (Å²) in [6.07, 6.45) is 3.50. The van der Waals surface area contributed by atoms with Gasteiger partial charge in [0.05, 0.1) is 0 Å². The van der Waals surface area contributed by atoms with Crippen LogP contribution in [0.25, 0.3) is 10.8 Å². The van der Waals surface area contributed by atoms with Gasteiger partial charge in [-0.3, -0.25) is 0 Å². The van der Waals surface area contributed by atoms with Crippen molar-refractivity contribution in [1.82, 2.24) is 15.5 Å². The third-order valence-electron chi connectivity index (χ3n) is 2.81. The molecule has 2 aromatic heterocycles. The Labute approximate surface area is 104 Å². The molecule has 0 atom stereocenters. The summed E-state index contributed by atoms with van der Waals surface area (Å²) < 4.78 is 5.66.